The number of amides is 1. The van der Waals surface area contributed by atoms with Crippen molar-refractivity contribution in [1.29, 1.82) is 0 Å². The van der Waals surface area contributed by atoms with E-state index in [4.69, 9.17) is 0 Å². The minimum Gasteiger partial charge on any atom is -0.320 e. The van der Waals surface area contributed by atoms with Crippen molar-refractivity contribution in [3.8, 4) is 0 Å². The van der Waals surface area contributed by atoms with Crippen LogP contribution < -0.4 is 5.32 Å². The van der Waals surface area contributed by atoms with E-state index in [0.717, 1.165) is 10.9 Å². The molecule has 1 amide bonds. The smallest absolute Gasteiger partial charge is 0.255 e. The summed E-state index contributed by atoms with van der Waals surface area (Å²) in [6.45, 7) is 0. The largest absolute Gasteiger partial charge is 0.320 e. The van der Waals surface area contributed by atoms with Gasteiger partial charge < -0.3 is 5.32 Å². The van der Waals surface area contributed by atoms with Gasteiger partial charge in [0.1, 0.15) is 5.82 Å². The highest BCUT2D eigenvalue weighted by Crippen LogP contribution is 2.21. The van der Waals surface area contributed by atoms with E-state index in [0.29, 0.717) is 5.69 Å². The Hall–Kier alpha value is -2.69. The first-order valence-corrected chi connectivity index (χ1v) is 5.73. The average Bonchev–Trinajstić information content (AvgIpc) is 2.88. The number of carbonyl (C=O) groups is 1. The second-order valence-electron chi connectivity index (χ2n) is 4.10. The van der Waals surface area contributed by atoms with Crippen molar-refractivity contribution in [2.45, 2.75) is 0 Å². The lowest BCUT2D eigenvalue weighted by Gasteiger charge is -2.06. The van der Waals surface area contributed by atoms with Gasteiger partial charge in [0.2, 0.25) is 0 Å². The van der Waals surface area contributed by atoms with Crippen LogP contribution in [0.4, 0.5) is 10.1 Å². The number of nitrogens with zero attached hydrogens (tertiary/aromatic N) is 1. The third-order valence-corrected chi connectivity index (χ3v) is 2.81. The first-order valence-electron chi connectivity index (χ1n) is 5.73. The van der Waals surface area contributed by atoms with Gasteiger partial charge in [-0.2, -0.15) is 5.10 Å². The van der Waals surface area contributed by atoms with E-state index < -0.39 is 5.82 Å². The molecule has 94 valence electrons. The molecule has 19 heavy (non-hydrogen) atoms. The van der Waals surface area contributed by atoms with Crippen molar-refractivity contribution in [3.05, 3.63) is 60.0 Å². The fourth-order valence-corrected chi connectivity index (χ4v) is 1.90. The van der Waals surface area contributed by atoms with Crippen LogP contribution in [0.15, 0.2) is 48.7 Å². The fourth-order valence-electron chi connectivity index (χ4n) is 1.90. The van der Waals surface area contributed by atoms with Crippen molar-refractivity contribution >= 4 is 22.5 Å². The fraction of sp³-hybridized carbons (Fsp3) is 0. The Labute approximate surface area is 108 Å². The minimum absolute atomic E-state index is 0.275. The third-order valence-electron chi connectivity index (χ3n) is 2.81. The van der Waals surface area contributed by atoms with Gasteiger partial charge in [0.05, 0.1) is 17.4 Å². The first kappa shape index (κ1) is 11.4. The van der Waals surface area contributed by atoms with Crippen LogP contribution in [0.5, 0.6) is 0 Å². The molecule has 0 saturated carbocycles. The maximum absolute atomic E-state index is 13.1. The van der Waals surface area contributed by atoms with Crippen LogP contribution in [0.3, 0.4) is 0 Å². The SMILES string of the molecule is O=C(Nc1cccc2cn[nH]c12)c1cccc(F)c1. The lowest BCUT2D eigenvalue weighted by molar-refractivity contribution is 0.102. The zero-order valence-electron chi connectivity index (χ0n) is 9.85. The molecule has 0 aliphatic carbocycles. The predicted octanol–water partition coefficient (Wildman–Crippen LogP) is 2.95. The van der Waals surface area contributed by atoms with Crippen LogP contribution in [0.2, 0.25) is 0 Å². The lowest BCUT2D eigenvalue weighted by Crippen LogP contribution is -2.12. The number of rotatable bonds is 2. The molecule has 0 aliphatic heterocycles. The van der Waals surface area contributed by atoms with Crippen LogP contribution in [0.25, 0.3) is 10.9 Å². The molecular weight excluding hydrogens is 245 g/mol. The van der Waals surface area contributed by atoms with Crippen molar-refractivity contribution in [3.63, 3.8) is 0 Å². The lowest BCUT2D eigenvalue weighted by atomic mass is 10.2. The number of H-pyrrole nitrogens is 1. The maximum Gasteiger partial charge on any atom is 0.255 e. The Kier molecular flexibility index (Phi) is 2.72. The summed E-state index contributed by atoms with van der Waals surface area (Å²) in [5.74, 6) is -0.797. The van der Waals surface area contributed by atoms with Gasteiger partial charge in [-0.05, 0) is 24.3 Å². The molecule has 4 nitrogen and oxygen atoms in total. The van der Waals surface area contributed by atoms with E-state index in [1.165, 1.54) is 18.2 Å². The number of aromatic amines is 1. The molecule has 2 N–H and O–H groups in total. The Morgan fingerprint density at radius 1 is 1.21 bits per heavy atom. The molecular formula is C14H10FN3O. The summed E-state index contributed by atoms with van der Waals surface area (Å²) in [6, 6.07) is 11.0. The highest BCUT2D eigenvalue weighted by molar-refractivity contribution is 6.08. The molecule has 0 aliphatic rings. The van der Waals surface area contributed by atoms with E-state index >= 15 is 0 Å². The molecule has 0 bridgehead atoms. The molecule has 0 fully saturated rings. The first-order chi connectivity index (χ1) is 9.24. The van der Waals surface area contributed by atoms with Gasteiger partial charge in [-0.25, -0.2) is 4.39 Å². The summed E-state index contributed by atoms with van der Waals surface area (Å²) in [5.41, 5.74) is 1.63. The highest BCUT2D eigenvalue weighted by Gasteiger charge is 2.09. The molecule has 2 aromatic carbocycles. The molecule has 1 heterocycles. The van der Waals surface area contributed by atoms with Crippen molar-refractivity contribution in [2.24, 2.45) is 0 Å². The van der Waals surface area contributed by atoms with Gasteiger partial charge in [-0.1, -0.05) is 18.2 Å². The zero-order valence-corrected chi connectivity index (χ0v) is 9.85. The summed E-state index contributed by atoms with van der Waals surface area (Å²) >= 11 is 0. The van der Waals surface area contributed by atoms with Crippen LogP contribution in [-0.4, -0.2) is 16.1 Å². The summed E-state index contributed by atoms with van der Waals surface area (Å²) in [7, 11) is 0. The van der Waals surface area contributed by atoms with E-state index in [-0.39, 0.29) is 11.5 Å². The molecule has 0 unspecified atom stereocenters. The molecule has 5 heteroatoms. The number of hydrogen-bond donors (Lipinski definition) is 2. The number of halogens is 1. The molecule has 0 saturated heterocycles. The molecule has 0 spiro atoms. The van der Waals surface area contributed by atoms with Gasteiger partial charge in [0.15, 0.2) is 0 Å². The number of hydrogen-bond acceptors (Lipinski definition) is 2. The van der Waals surface area contributed by atoms with Crippen molar-refractivity contribution in [1.82, 2.24) is 10.2 Å². The monoisotopic (exact) mass is 255 g/mol. The van der Waals surface area contributed by atoms with Gasteiger partial charge in [-0.15, -0.1) is 0 Å². The van der Waals surface area contributed by atoms with Crippen LogP contribution in [-0.2, 0) is 0 Å². The topological polar surface area (TPSA) is 57.8 Å². The van der Waals surface area contributed by atoms with Gasteiger partial charge in [-0.3, -0.25) is 9.89 Å². The van der Waals surface area contributed by atoms with Gasteiger partial charge >= 0.3 is 0 Å². The third kappa shape index (κ3) is 2.18. The summed E-state index contributed by atoms with van der Waals surface area (Å²) in [4.78, 5) is 12.0. The zero-order chi connectivity index (χ0) is 13.2. The van der Waals surface area contributed by atoms with Crippen molar-refractivity contribution < 1.29 is 9.18 Å². The van der Waals surface area contributed by atoms with E-state index in [1.54, 1.807) is 18.3 Å². The number of anilines is 1. The standard InChI is InChI=1S/C14H10FN3O/c15-11-5-1-3-9(7-11)14(19)17-12-6-2-4-10-8-16-18-13(10)12/h1-8H,(H,16,18)(H,17,19). The number of para-hydroxylation sites is 1. The Morgan fingerprint density at radius 2 is 2.05 bits per heavy atom. The number of carbonyl (C=O) groups excluding carboxylic acids is 1. The van der Waals surface area contributed by atoms with Crippen LogP contribution >= 0.6 is 0 Å². The Bertz CT molecular complexity index is 751. The normalized spacial score (nSPS) is 10.6. The second kappa shape index (κ2) is 4.53. The van der Waals surface area contributed by atoms with Gasteiger partial charge in [0.25, 0.3) is 5.91 Å². The number of aromatic nitrogens is 2. The predicted molar refractivity (Wildman–Crippen MR) is 70.4 cm³/mol. The quantitative estimate of drug-likeness (QED) is 0.739. The van der Waals surface area contributed by atoms with Crippen LogP contribution in [0.1, 0.15) is 10.4 Å². The molecule has 0 radical (unpaired) electrons. The number of fused-ring (bicyclic) bond motifs is 1. The van der Waals surface area contributed by atoms with E-state index in [2.05, 4.69) is 15.5 Å². The molecule has 3 aromatic rings. The van der Waals surface area contributed by atoms with E-state index in [1.807, 2.05) is 12.1 Å². The Balaban J connectivity index is 1.93. The molecule has 1 aromatic heterocycles. The number of nitrogens with one attached hydrogen (secondary N) is 2. The summed E-state index contributed by atoms with van der Waals surface area (Å²) in [6.07, 6.45) is 1.67. The van der Waals surface area contributed by atoms with Crippen LogP contribution in [0, 0.1) is 5.82 Å². The van der Waals surface area contributed by atoms with Crippen molar-refractivity contribution in [2.75, 3.05) is 5.32 Å². The number of benzene rings is 2. The average molecular weight is 255 g/mol. The van der Waals surface area contributed by atoms with E-state index in [9.17, 15) is 9.18 Å². The molecule has 0 atom stereocenters. The summed E-state index contributed by atoms with van der Waals surface area (Å²) < 4.78 is 13.1. The highest BCUT2D eigenvalue weighted by atomic mass is 19.1. The Morgan fingerprint density at radius 3 is 2.89 bits per heavy atom. The second-order valence-corrected chi connectivity index (χ2v) is 4.10. The van der Waals surface area contributed by atoms with Gasteiger partial charge in [0, 0.05) is 10.9 Å². The molecule has 3 rings (SSSR count). The maximum atomic E-state index is 13.1. The summed E-state index contributed by atoms with van der Waals surface area (Å²) in [5, 5.41) is 10.4. The minimum atomic E-state index is -0.438.